The van der Waals surface area contributed by atoms with Gasteiger partial charge in [0, 0.05) is 25.2 Å². The summed E-state index contributed by atoms with van der Waals surface area (Å²) in [5.41, 5.74) is 6.25. The average Bonchev–Trinajstić information content (AvgIpc) is 2.18. The summed E-state index contributed by atoms with van der Waals surface area (Å²) in [5, 5.41) is 9.69. The monoisotopic (exact) mass is 240 g/mol. The van der Waals surface area contributed by atoms with Gasteiger partial charge in [0.2, 0.25) is 0 Å². The van der Waals surface area contributed by atoms with Gasteiger partial charge in [0.05, 0.1) is 5.60 Å². The highest BCUT2D eigenvalue weighted by Crippen LogP contribution is 2.13. The van der Waals surface area contributed by atoms with E-state index in [-0.39, 0.29) is 12.4 Å². The number of nitrogens with two attached hydrogens (primary N) is 1. The van der Waals surface area contributed by atoms with Crippen molar-refractivity contribution in [1.82, 2.24) is 4.90 Å². The van der Waals surface area contributed by atoms with Crippen LogP contribution >= 0.6 is 0 Å². The molecule has 3 nitrogen and oxygen atoms in total. The molecular weight excluding hydrogens is 219 g/mol. The van der Waals surface area contributed by atoms with Crippen LogP contribution in [0, 0.1) is 5.82 Å². The molecule has 96 valence electrons. The van der Waals surface area contributed by atoms with Gasteiger partial charge in [-0.1, -0.05) is 12.1 Å². The summed E-state index contributed by atoms with van der Waals surface area (Å²) in [4.78, 5) is 1.99. The van der Waals surface area contributed by atoms with Gasteiger partial charge in [-0.3, -0.25) is 4.90 Å². The number of aliphatic hydroxyl groups is 1. The SMILES string of the molecule is CN(Cc1ccc(F)c(CN)c1)CC(C)(C)O. The van der Waals surface area contributed by atoms with Crippen LogP contribution in [0.1, 0.15) is 25.0 Å². The Bertz CT molecular complexity index is 374. The first-order valence-electron chi connectivity index (χ1n) is 5.70. The van der Waals surface area contributed by atoms with Crippen molar-refractivity contribution in [2.45, 2.75) is 32.5 Å². The summed E-state index contributed by atoms with van der Waals surface area (Å²) in [6.07, 6.45) is 0. The van der Waals surface area contributed by atoms with E-state index in [0.29, 0.717) is 18.7 Å². The maximum Gasteiger partial charge on any atom is 0.127 e. The molecule has 0 saturated carbocycles. The molecule has 1 rings (SSSR count). The molecule has 0 saturated heterocycles. The Morgan fingerprint density at radius 1 is 1.41 bits per heavy atom. The number of rotatable bonds is 5. The van der Waals surface area contributed by atoms with Crippen LogP contribution in [-0.2, 0) is 13.1 Å². The molecular formula is C13H21FN2O. The molecule has 4 heteroatoms. The predicted molar refractivity (Wildman–Crippen MR) is 66.9 cm³/mol. The smallest absolute Gasteiger partial charge is 0.127 e. The van der Waals surface area contributed by atoms with E-state index >= 15 is 0 Å². The highest BCUT2D eigenvalue weighted by atomic mass is 19.1. The molecule has 0 spiro atoms. The van der Waals surface area contributed by atoms with Crippen molar-refractivity contribution in [3.63, 3.8) is 0 Å². The zero-order chi connectivity index (χ0) is 13.1. The molecule has 0 aromatic heterocycles. The summed E-state index contributed by atoms with van der Waals surface area (Å²) >= 11 is 0. The summed E-state index contributed by atoms with van der Waals surface area (Å²) in [6, 6.07) is 4.96. The fourth-order valence-electron chi connectivity index (χ4n) is 1.91. The minimum atomic E-state index is -0.731. The first kappa shape index (κ1) is 14.1. The molecule has 0 aliphatic rings. The molecule has 1 aromatic rings. The van der Waals surface area contributed by atoms with Gasteiger partial charge in [0.25, 0.3) is 0 Å². The summed E-state index contributed by atoms with van der Waals surface area (Å²) in [6.45, 7) is 4.95. The molecule has 17 heavy (non-hydrogen) atoms. The van der Waals surface area contributed by atoms with E-state index in [4.69, 9.17) is 5.73 Å². The lowest BCUT2D eigenvalue weighted by atomic mass is 10.1. The Morgan fingerprint density at radius 2 is 2.06 bits per heavy atom. The summed E-state index contributed by atoms with van der Waals surface area (Å²) < 4.78 is 13.2. The van der Waals surface area contributed by atoms with E-state index in [1.807, 2.05) is 11.9 Å². The minimum absolute atomic E-state index is 0.203. The lowest BCUT2D eigenvalue weighted by Crippen LogP contribution is -2.35. The van der Waals surface area contributed by atoms with E-state index in [1.165, 1.54) is 6.07 Å². The molecule has 0 amide bonds. The molecule has 0 heterocycles. The highest BCUT2D eigenvalue weighted by molar-refractivity contribution is 5.24. The van der Waals surface area contributed by atoms with Crippen LogP contribution in [0.2, 0.25) is 0 Å². The second kappa shape index (κ2) is 5.58. The van der Waals surface area contributed by atoms with Crippen molar-refractivity contribution >= 4 is 0 Å². The van der Waals surface area contributed by atoms with Crippen LogP contribution in [-0.4, -0.2) is 29.2 Å². The van der Waals surface area contributed by atoms with Crippen molar-refractivity contribution in [3.05, 3.63) is 35.1 Å². The van der Waals surface area contributed by atoms with E-state index in [1.54, 1.807) is 26.0 Å². The fourth-order valence-corrected chi connectivity index (χ4v) is 1.91. The van der Waals surface area contributed by atoms with Crippen molar-refractivity contribution in [2.75, 3.05) is 13.6 Å². The first-order valence-corrected chi connectivity index (χ1v) is 5.70. The van der Waals surface area contributed by atoms with Gasteiger partial charge >= 0.3 is 0 Å². The zero-order valence-electron chi connectivity index (χ0n) is 10.7. The van der Waals surface area contributed by atoms with Gasteiger partial charge in [0.1, 0.15) is 5.82 Å². The van der Waals surface area contributed by atoms with Gasteiger partial charge < -0.3 is 10.8 Å². The molecule has 0 bridgehead atoms. The normalized spacial score (nSPS) is 12.2. The topological polar surface area (TPSA) is 49.5 Å². The van der Waals surface area contributed by atoms with Crippen LogP contribution < -0.4 is 5.73 Å². The Labute approximate surface area is 102 Å². The summed E-state index contributed by atoms with van der Waals surface area (Å²) in [7, 11) is 1.92. The fraction of sp³-hybridized carbons (Fsp3) is 0.538. The second-order valence-electron chi connectivity index (χ2n) is 5.11. The van der Waals surface area contributed by atoms with Crippen LogP contribution in [0.3, 0.4) is 0 Å². The Balaban J connectivity index is 2.68. The minimum Gasteiger partial charge on any atom is -0.389 e. The van der Waals surface area contributed by atoms with Crippen molar-refractivity contribution in [3.8, 4) is 0 Å². The van der Waals surface area contributed by atoms with Crippen LogP contribution in [0.25, 0.3) is 0 Å². The quantitative estimate of drug-likeness (QED) is 0.819. The van der Waals surface area contributed by atoms with Crippen LogP contribution in [0.15, 0.2) is 18.2 Å². The number of hydrogen-bond acceptors (Lipinski definition) is 3. The Kier molecular flexibility index (Phi) is 4.62. The Hall–Kier alpha value is -0.970. The molecule has 3 N–H and O–H groups in total. The van der Waals surface area contributed by atoms with Crippen molar-refractivity contribution < 1.29 is 9.50 Å². The standard InChI is InChI=1S/C13H21FN2O/c1-13(2,17)9-16(3)8-10-4-5-12(14)11(6-10)7-15/h4-6,17H,7-9,15H2,1-3H3. The summed E-state index contributed by atoms with van der Waals surface area (Å²) in [5.74, 6) is -0.263. The molecule has 0 aliphatic carbocycles. The largest absolute Gasteiger partial charge is 0.389 e. The number of hydrogen-bond donors (Lipinski definition) is 2. The average molecular weight is 240 g/mol. The third-order valence-corrected chi connectivity index (χ3v) is 2.44. The van der Waals surface area contributed by atoms with Crippen LogP contribution in [0.5, 0.6) is 0 Å². The Morgan fingerprint density at radius 3 is 2.59 bits per heavy atom. The van der Waals surface area contributed by atoms with E-state index in [9.17, 15) is 9.50 Å². The molecule has 1 aromatic carbocycles. The molecule has 0 atom stereocenters. The number of likely N-dealkylation sites (N-methyl/N-ethyl adjacent to an activating group) is 1. The highest BCUT2D eigenvalue weighted by Gasteiger charge is 2.15. The van der Waals surface area contributed by atoms with Crippen molar-refractivity contribution in [2.24, 2.45) is 5.73 Å². The van der Waals surface area contributed by atoms with Gasteiger partial charge in [0.15, 0.2) is 0 Å². The van der Waals surface area contributed by atoms with Gasteiger partial charge in [-0.15, -0.1) is 0 Å². The lowest BCUT2D eigenvalue weighted by Gasteiger charge is -2.25. The van der Waals surface area contributed by atoms with Gasteiger partial charge in [-0.05, 0) is 32.5 Å². The molecule has 0 radical (unpaired) electrons. The lowest BCUT2D eigenvalue weighted by molar-refractivity contribution is 0.0425. The molecule has 0 fully saturated rings. The van der Waals surface area contributed by atoms with E-state index in [2.05, 4.69) is 0 Å². The third kappa shape index (κ3) is 4.81. The number of halogens is 1. The molecule has 0 unspecified atom stereocenters. The zero-order valence-corrected chi connectivity index (χ0v) is 10.7. The maximum atomic E-state index is 13.2. The maximum absolute atomic E-state index is 13.2. The van der Waals surface area contributed by atoms with Gasteiger partial charge in [-0.2, -0.15) is 0 Å². The first-order chi connectivity index (χ1) is 7.81. The second-order valence-corrected chi connectivity index (χ2v) is 5.11. The number of nitrogens with zero attached hydrogens (tertiary/aromatic N) is 1. The van der Waals surface area contributed by atoms with E-state index < -0.39 is 5.60 Å². The number of benzene rings is 1. The predicted octanol–water partition coefficient (Wildman–Crippen LogP) is 1.49. The van der Waals surface area contributed by atoms with Crippen LogP contribution in [0.4, 0.5) is 4.39 Å². The third-order valence-electron chi connectivity index (χ3n) is 2.44. The van der Waals surface area contributed by atoms with Gasteiger partial charge in [-0.25, -0.2) is 4.39 Å². The van der Waals surface area contributed by atoms with Crippen molar-refractivity contribution in [1.29, 1.82) is 0 Å². The van der Waals surface area contributed by atoms with E-state index in [0.717, 1.165) is 5.56 Å². The molecule has 0 aliphatic heterocycles.